The number of benzene rings is 2. The Kier molecular flexibility index (Phi) is 5.43. The van der Waals surface area contributed by atoms with Gasteiger partial charge in [0.1, 0.15) is 12.0 Å². The van der Waals surface area contributed by atoms with Gasteiger partial charge in [-0.3, -0.25) is 0 Å². The molecule has 0 amide bonds. The predicted molar refractivity (Wildman–Crippen MR) is 93.3 cm³/mol. The Labute approximate surface area is 154 Å². The summed E-state index contributed by atoms with van der Waals surface area (Å²) in [5.74, 6) is -2.81. The number of rotatable bonds is 6. The molecule has 4 N–H and O–H groups in total. The third kappa shape index (κ3) is 3.19. The Morgan fingerprint density at radius 3 is 2.44 bits per heavy atom. The average Bonchev–Trinajstić information content (AvgIpc) is 2.86. The molecule has 0 fully saturated rings. The molecule has 27 heavy (non-hydrogen) atoms. The second-order valence-electron chi connectivity index (χ2n) is 6.44. The van der Waals surface area contributed by atoms with E-state index in [1.54, 1.807) is 0 Å². The first-order valence-corrected chi connectivity index (χ1v) is 8.59. The van der Waals surface area contributed by atoms with Crippen molar-refractivity contribution in [1.29, 1.82) is 0 Å². The molecule has 0 aliphatic carbocycles. The van der Waals surface area contributed by atoms with E-state index in [1.807, 2.05) is 6.92 Å². The number of fused-ring (bicyclic) bond motifs is 1. The molecule has 2 aromatic carbocycles. The molecule has 1 heterocycles. The van der Waals surface area contributed by atoms with Crippen molar-refractivity contribution in [2.24, 2.45) is 5.73 Å². The van der Waals surface area contributed by atoms with Gasteiger partial charge in [0, 0.05) is 12.3 Å². The van der Waals surface area contributed by atoms with Crippen LogP contribution in [0.1, 0.15) is 24.5 Å². The number of hydrogen-bond acceptors (Lipinski definition) is 5. The Morgan fingerprint density at radius 1 is 1.19 bits per heavy atom. The molecule has 0 bridgehead atoms. The van der Waals surface area contributed by atoms with Crippen molar-refractivity contribution < 1.29 is 28.1 Å². The van der Waals surface area contributed by atoms with Crippen molar-refractivity contribution in [3.63, 3.8) is 0 Å². The molecule has 0 radical (unpaired) electrons. The highest BCUT2D eigenvalue weighted by Gasteiger charge is 2.55. The van der Waals surface area contributed by atoms with E-state index in [-0.39, 0.29) is 30.0 Å². The topological polar surface area (TPSA) is 79.0 Å². The van der Waals surface area contributed by atoms with E-state index in [0.717, 1.165) is 18.2 Å². The van der Waals surface area contributed by atoms with Crippen molar-refractivity contribution in [3.05, 3.63) is 65.0 Å². The molecule has 1 aliphatic rings. The van der Waals surface area contributed by atoms with E-state index >= 15 is 0 Å². The summed E-state index contributed by atoms with van der Waals surface area (Å²) in [6.45, 7) is 1.71. The van der Waals surface area contributed by atoms with Crippen LogP contribution in [0.2, 0.25) is 0 Å². The van der Waals surface area contributed by atoms with Crippen molar-refractivity contribution >= 4 is 5.69 Å². The van der Waals surface area contributed by atoms with Gasteiger partial charge in [-0.2, -0.15) is 0 Å². The van der Waals surface area contributed by atoms with Gasteiger partial charge in [0.15, 0.2) is 23.5 Å². The minimum Gasteiger partial charge on any atom is -0.377 e. The first-order valence-electron chi connectivity index (χ1n) is 8.59. The smallest absolute Gasteiger partial charge is 0.167 e. The van der Waals surface area contributed by atoms with E-state index in [0.29, 0.717) is 6.42 Å². The molecule has 3 atom stereocenters. The number of ether oxygens (including phenoxy) is 1. The third-order valence-corrected chi connectivity index (χ3v) is 4.60. The van der Waals surface area contributed by atoms with Crippen LogP contribution < -0.4 is 10.6 Å². The molecule has 2 aromatic rings. The van der Waals surface area contributed by atoms with Crippen LogP contribution in [0.5, 0.6) is 0 Å². The molecule has 1 aliphatic heterocycles. The van der Waals surface area contributed by atoms with Gasteiger partial charge in [0.05, 0.1) is 12.1 Å². The maximum Gasteiger partial charge on any atom is 0.167 e. The third-order valence-electron chi connectivity index (χ3n) is 4.60. The number of hydrogen-bond donors (Lipinski definition) is 3. The maximum atomic E-state index is 14.9. The number of nitrogens with zero attached hydrogens (tertiary/aromatic N) is 1. The number of halogens is 3. The first kappa shape index (κ1) is 19.6. The van der Waals surface area contributed by atoms with Gasteiger partial charge in [-0.05, 0) is 36.2 Å². The molecule has 0 aromatic heterocycles. The van der Waals surface area contributed by atoms with Gasteiger partial charge >= 0.3 is 0 Å². The van der Waals surface area contributed by atoms with E-state index < -0.39 is 35.5 Å². The molecule has 2 unspecified atom stereocenters. The fraction of sp³-hybridized carbons (Fsp3) is 0.368. The number of aliphatic hydroxyl groups is 2. The second kappa shape index (κ2) is 7.47. The highest BCUT2D eigenvalue weighted by Crippen LogP contribution is 2.51. The summed E-state index contributed by atoms with van der Waals surface area (Å²) in [6.07, 6.45) is -2.31. The molecule has 3 rings (SSSR count). The van der Waals surface area contributed by atoms with Gasteiger partial charge in [0.25, 0.3) is 0 Å². The fourth-order valence-corrected chi connectivity index (χ4v) is 3.50. The molecule has 8 heteroatoms. The van der Waals surface area contributed by atoms with E-state index in [4.69, 9.17) is 10.5 Å². The van der Waals surface area contributed by atoms with Crippen LogP contribution in [0.25, 0.3) is 0 Å². The highest BCUT2D eigenvalue weighted by molar-refractivity contribution is 5.66. The van der Waals surface area contributed by atoms with Gasteiger partial charge in [0.2, 0.25) is 0 Å². The largest absolute Gasteiger partial charge is 0.377 e. The minimum atomic E-state index is -1.81. The minimum absolute atomic E-state index is 0.128. The van der Waals surface area contributed by atoms with Crippen molar-refractivity contribution in [2.75, 3.05) is 18.1 Å². The first-order chi connectivity index (χ1) is 12.8. The summed E-state index contributed by atoms with van der Waals surface area (Å²) in [5.41, 5.74) is 3.83. The van der Waals surface area contributed by atoms with Crippen LogP contribution in [-0.4, -0.2) is 35.8 Å². The van der Waals surface area contributed by atoms with Gasteiger partial charge < -0.3 is 25.6 Å². The summed E-state index contributed by atoms with van der Waals surface area (Å²) in [4.78, 5) is 1.25. The lowest BCUT2D eigenvalue weighted by Gasteiger charge is -2.36. The standard InChI is InChI=1S/C19H21F3N2O3/c1-2-9-27-19(11-3-5-12(20)6-4-11)16-14(8-7-13(21)17(16)22)24(18(19)26)10-15(23)25/h3-8,15,18,25-26H,2,9-10,23H2,1H3/t15?,18?,19-/m0/s1. The fourth-order valence-electron chi connectivity index (χ4n) is 3.50. The Bertz CT molecular complexity index is 817. The van der Waals surface area contributed by atoms with Gasteiger partial charge in [-0.1, -0.05) is 19.1 Å². The van der Waals surface area contributed by atoms with Gasteiger partial charge in [-0.15, -0.1) is 0 Å². The zero-order chi connectivity index (χ0) is 19.8. The molecular formula is C19H21F3N2O3. The zero-order valence-electron chi connectivity index (χ0n) is 14.7. The monoisotopic (exact) mass is 382 g/mol. The molecule has 0 spiro atoms. The number of nitrogens with two attached hydrogens (primary N) is 1. The number of β-amino-alcohol motifs (C(OH)–C–C–N with tert-alkyl or cyclic N) is 1. The van der Waals surface area contributed by atoms with Crippen molar-refractivity contribution in [1.82, 2.24) is 0 Å². The lowest BCUT2D eigenvalue weighted by Crippen LogP contribution is -2.50. The van der Waals surface area contributed by atoms with E-state index in [2.05, 4.69) is 0 Å². The lowest BCUT2D eigenvalue weighted by atomic mass is 9.85. The molecule has 146 valence electrons. The normalized spacial score (nSPS) is 22.8. The molecule has 5 nitrogen and oxygen atoms in total. The van der Waals surface area contributed by atoms with Crippen LogP contribution in [0, 0.1) is 17.5 Å². The maximum absolute atomic E-state index is 14.9. The predicted octanol–water partition coefficient (Wildman–Crippen LogP) is 2.19. The average molecular weight is 382 g/mol. The van der Waals surface area contributed by atoms with E-state index in [1.165, 1.54) is 23.1 Å². The summed E-state index contributed by atoms with van der Waals surface area (Å²) in [7, 11) is 0. The number of aliphatic hydroxyl groups excluding tert-OH is 2. The molecular weight excluding hydrogens is 361 g/mol. The van der Waals surface area contributed by atoms with E-state index in [9.17, 15) is 23.4 Å². The van der Waals surface area contributed by atoms with Crippen LogP contribution in [-0.2, 0) is 10.3 Å². The Hall–Kier alpha value is -2.13. The number of anilines is 1. The lowest BCUT2D eigenvalue weighted by molar-refractivity contribution is -0.0964. The second-order valence-corrected chi connectivity index (χ2v) is 6.44. The molecule has 0 saturated heterocycles. The summed E-state index contributed by atoms with van der Waals surface area (Å²) in [6, 6.07) is 7.22. The van der Waals surface area contributed by atoms with Crippen molar-refractivity contribution in [3.8, 4) is 0 Å². The Balaban J connectivity index is 2.28. The van der Waals surface area contributed by atoms with Crippen LogP contribution in [0.4, 0.5) is 18.9 Å². The summed E-state index contributed by atoms with van der Waals surface area (Å²) in [5, 5.41) is 20.7. The highest BCUT2D eigenvalue weighted by atomic mass is 19.2. The van der Waals surface area contributed by atoms with Gasteiger partial charge in [-0.25, -0.2) is 13.2 Å². The summed E-state index contributed by atoms with van der Waals surface area (Å²) < 4.78 is 48.3. The zero-order valence-corrected chi connectivity index (χ0v) is 14.7. The van der Waals surface area contributed by atoms with Crippen LogP contribution in [0.15, 0.2) is 36.4 Å². The quantitative estimate of drug-likeness (QED) is 0.668. The van der Waals surface area contributed by atoms with Crippen molar-refractivity contribution in [2.45, 2.75) is 31.4 Å². The summed E-state index contributed by atoms with van der Waals surface area (Å²) >= 11 is 0. The van der Waals surface area contributed by atoms with Crippen LogP contribution >= 0.6 is 0 Å². The Morgan fingerprint density at radius 2 is 1.85 bits per heavy atom. The SMILES string of the molecule is CCCO[C@@]1(c2ccc(F)cc2)c2c(ccc(F)c2F)N(CC(N)O)C1O. The molecule has 0 saturated carbocycles. The van der Waals surface area contributed by atoms with Crippen LogP contribution in [0.3, 0.4) is 0 Å².